The third-order valence-electron chi connectivity index (χ3n) is 6.15. The summed E-state index contributed by atoms with van der Waals surface area (Å²) in [5.74, 6) is -0.576. The van der Waals surface area contributed by atoms with Gasteiger partial charge in [0.15, 0.2) is 5.82 Å². The van der Waals surface area contributed by atoms with Gasteiger partial charge in [-0.2, -0.15) is 0 Å². The van der Waals surface area contributed by atoms with Crippen LogP contribution in [0.15, 0.2) is 73.1 Å². The van der Waals surface area contributed by atoms with E-state index in [1.165, 1.54) is 12.3 Å². The number of anilines is 2. The van der Waals surface area contributed by atoms with Crippen LogP contribution in [0, 0.1) is 11.7 Å². The van der Waals surface area contributed by atoms with Gasteiger partial charge in [-0.25, -0.2) is 4.39 Å². The van der Waals surface area contributed by atoms with Crippen molar-refractivity contribution in [3.8, 4) is 0 Å². The van der Waals surface area contributed by atoms with Gasteiger partial charge in [-0.05, 0) is 42.2 Å². The molecule has 1 saturated carbocycles. The molecule has 1 fully saturated rings. The summed E-state index contributed by atoms with van der Waals surface area (Å²) in [5.41, 5.74) is 2.24. The molecule has 1 aliphatic rings. The Bertz CT molecular complexity index is 1120. The first-order valence-corrected chi connectivity index (χ1v) is 11.7. The lowest BCUT2D eigenvalue weighted by molar-refractivity contribution is -0.123. The first-order chi connectivity index (χ1) is 16.6. The van der Waals surface area contributed by atoms with Crippen LogP contribution in [-0.2, 0) is 11.3 Å². The lowest BCUT2D eigenvalue weighted by Crippen LogP contribution is -2.47. The van der Waals surface area contributed by atoms with E-state index in [4.69, 9.17) is 0 Å². The Morgan fingerprint density at radius 3 is 2.59 bits per heavy atom. The lowest BCUT2D eigenvalue weighted by atomic mass is 9.97. The average Bonchev–Trinajstić information content (AvgIpc) is 3.37. The molecule has 1 heterocycles. The molecule has 1 aliphatic carbocycles. The molecule has 0 unspecified atom stereocenters. The molecule has 176 valence electrons. The Morgan fingerprint density at radius 2 is 1.82 bits per heavy atom. The van der Waals surface area contributed by atoms with Gasteiger partial charge in [0, 0.05) is 24.0 Å². The Labute approximate surface area is 199 Å². The summed E-state index contributed by atoms with van der Waals surface area (Å²) in [4.78, 5) is 29.8. The van der Waals surface area contributed by atoms with Crippen LogP contribution in [0.4, 0.5) is 15.8 Å². The van der Waals surface area contributed by atoms with Crippen molar-refractivity contribution in [2.45, 2.75) is 44.7 Å². The Hall–Kier alpha value is -3.74. The predicted octanol–water partition coefficient (Wildman–Crippen LogP) is 4.96. The third kappa shape index (κ3) is 6.41. The highest BCUT2D eigenvalue weighted by molar-refractivity contribution is 5.98. The van der Waals surface area contributed by atoms with E-state index >= 15 is 0 Å². The van der Waals surface area contributed by atoms with E-state index in [1.807, 2.05) is 30.3 Å². The highest BCUT2D eigenvalue weighted by atomic mass is 19.1. The molecule has 0 spiro atoms. The van der Waals surface area contributed by atoms with E-state index in [-0.39, 0.29) is 17.5 Å². The number of pyridine rings is 1. The zero-order valence-corrected chi connectivity index (χ0v) is 19.0. The molecule has 1 atom stereocenters. The highest BCUT2D eigenvalue weighted by Crippen LogP contribution is 2.29. The Kier molecular flexibility index (Phi) is 7.86. The number of carbonyl (C=O) groups is 2. The molecule has 34 heavy (non-hydrogen) atoms. The first kappa shape index (κ1) is 23.4. The molecule has 0 aliphatic heterocycles. The quantitative estimate of drug-likeness (QED) is 0.422. The van der Waals surface area contributed by atoms with E-state index in [0.29, 0.717) is 30.1 Å². The molecule has 0 radical (unpaired) electrons. The summed E-state index contributed by atoms with van der Waals surface area (Å²) in [7, 11) is 0. The Morgan fingerprint density at radius 1 is 1.03 bits per heavy atom. The molecule has 3 aromatic rings. The second-order valence-corrected chi connectivity index (χ2v) is 8.68. The van der Waals surface area contributed by atoms with E-state index < -0.39 is 11.9 Å². The monoisotopic (exact) mass is 460 g/mol. The van der Waals surface area contributed by atoms with Gasteiger partial charge >= 0.3 is 0 Å². The normalized spacial score (nSPS) is 14.4. The SMILES string of the molecule is O=C(N[C@@H](CC1CCCC1)C(=O)NCc1ccccc1)c1cccc(Nc2ccncc2F)c1. The van der Waals surface area contributed by atoms with Crippen LogP contribution in [0.5, 0.6) is 0 Å². The van der Waals surface area contributed by atoms with Crippen LogP contribution in [0.1, 0.15) is 48.0 Å². The van der Waals surface area contributed by atoms with Crippen molar-refractivity contribution in [2.24, 2.45) is 5.92 Å². The number of nitrogens with one attached hydrogen (secondary N) is 3. The van der Waals surface area contributed by atoms with Gasteiger partial charge < -0.3 is 16.0 Å². The number of aromatic nitrogens is 1. The van der Waals surface area contributed by atoms with Crippen molar-refractivity contribution in [3.05, 3.63) is 90.0 Å². The molecule has 2 amide bonds. The van der Waals surface area contributed by atoms with Gasteiger partial charge in [0.2, 0.25) is 5.91 Å². The summed E-state index contributed by atoms with van der Waals surface area (Å²) in [5, 5.41) is 8.87. The third-order valence-corrected chi connectivity index (χ3v) is 6.15. The number of amides is 2. The molecule has 3 N–H and O–H groups in total. The van der Waals surface area contributed by atoms with Crippen molar-refractivity contribution in [3.63, 3.8) is 0 Å². The summed E-state index contributed by atoms with van der Waals surface area (Å²) in [6.45, 7) is 0.410. The van der Waals surface area contributed by atoms with Crippen LogP contribution in [0.25, 0.3) is 0 Å². The molecule has 0 saturated heterocycles. The maximum Gasteiger partial charge on any atom is 0.252 e. The minimum absolute atomic E-state index is 0.183. The number of carbonyl (C=O) groups excluding carboxylic acids is 2. The molecule has 2 aromatic carbocycles. The number of rotatable bonds is 9. The van der Waals surface area contributed by atoms with Gasteiger partial charge in [0.1, 0.15) is 6.04 Å². The summed E-state index contributed by atoms with van der Waals surface area (Å²) in [6, 6.07) is 17.4. The lowest BCUT2D eigenvalue weighted by Gasteiger charge is -2.22. The van der Waals surface area contributed by atoms with Crippen molar-refractivity contribution in [2.75, 3.05) is 5.32 Å². The Balaban J connectivity index is 1.44. The van der Waals surface area contributed by atoms with Gasteiger partial charge in [0.05, 0.1) is 11.9 Å². The van der Waals surface area contributed by atoms with Crippen molar-refractivity contribution < 1.29 is 14.0 Å². The van der Waals surface area contributed by atoms with E-state index in [0.717, 1.165) is 37.4 Å². The van der Waals surface area contributed by atoms with E-state index in [9.17, 15) is 14.0 Å². The standard InChI is InChI=1S/C27H29FN4O2/c28-23-18-29-14-13-24(23)31-22-12-6-11-21(16-22)26(33)32-25(15-19-7-4-5-8-19)27(34)30-17-20-9-2-1-3-10-20/h1-3,6,9-14,16,18-19,25H,4-5,7-8,15,17H2,(H,29,31)(H,30,34)(H,32,33)/t25-/m0/s1. The highest BCUT2D eigenvalue weighted by Gasteiger charge is 2.27. The zero-order valence-electron chi connectivity index (χ0n) is 19.0. The summed E-state index contributed by atoms with van der Waals surface area (Å²) < 4.78 is 13.9. The second-order valence-electron chi connectivity index (χ2n) is 8.68. The van der Waals surface area contributed by atoms with Gasteiger partial charge in [-0.1, -0.05) is 62.1 Å². The van der Waals surface area contributed by atoms with Gasteiger partial charge in [-0.15, -0.1) is 0 Å². The van der Waals surface area contributed by atoms with Gasteiger partial charge in [-0.3, -0.25) is 14.6 Å². The van der Waals surface area contributed by atoms with Crippen molar-refractivity contribution in [1.29, 1.82) is 0 Å². The van der Waals surface area contributed by atoms with Crippen LogP contribution in [0.2, 0.25) is 0 Å². The topological polar surface area (TPSA) is 83.1 Å². The van der Waals surface area contributed by atoms with Crippen molar-refractivity contribution >= 4 is 23.2 Å². The van der Waals surface area contributed by atoms with Gasteiger partial charge in [0.25, 0.3) is 5.91 Å². The van der Waals surface area contributed by atoms with Crippen molar-refractivity contribution in [1.82, 2.24) is 15.6 Å². The van der Waals surface area contributed by atoms with Crippen LogP contribution < -0.4 is 16.0 Å². The number of hydrogen-bond acceptors (Lipinski definition) is 4. The smallest absolute Gasteiger partial charge is 0.252 e. The van der Waals surface area contributed by atoms with Crippen LogP contribution in [0.3, 0.4) is 0 Å². The molecule has 7 heteroatoms. The maximum atomic E-state index is 13.9. The second kappa shape index (κ2) is 11.4. The summed E-state index contributed by atoms with van der Waals surface area (Å²) >= 11 is 0. The molecule has 4 rings (SSSR count). The predicted molar refractivity (Wildman–Crippen MR) is 130 cm³/mol. The minimum atomic E-state index is -0.617. The molecular formula is C27H29FN4O2. The fourth-order valence-corrected chi connectivity index (χ4v) is 4.33. The number of hydrogen-bond donors (Lipinski definition) is 3. The zero-order chi connectivity index (χ0) is 23.8. The fraction of sp³-hybridized carbons (Fsp3) is 0.296. The van der Waals surface area contributed by atoms with Crippen LogP contribution >= 0.6 is 0 Å². The average molecular weight is 461 g/mol. The van der Waals surface area contributed by atoms with E-state index in [2.05, 4.69) is 20.9 Å². The largest absolute Gasteiger partial charge is 0.353 e. The maximum absolute atomic E-state index is 13.9. The number of benzene rings is 2. The number of nitrogens with zero attached hydrogens (tertiary/aromatic N) is 1. The molecular weight excluding hydrogens is 431 g/mol. The first-order valence-electron chi connectivity index (χ1n) is 11.7. The molecule has 6 nitrogen and oxygen atoms in total. The van der Waals surface area contributed by atoms with E-state index in [1.54, 1.807) is 24.3 Å². The van der Waals surface area contributed by atoms with Crippen LogP contribution in [-0.4, -0.2) is 22.8 Å². The number of halogens is 1. The molecule has 0 bridgehead atoms. The minimum Gasteiger partial charge on any atom is -0.353 e. The summed E-state index contributed by atoms with van der Waals surface area (Å²) in [6.07, 6.45) is 7.72. The molecule has 1 aromatic heterocycles. The fourth-order valence-electron chi connectivity index (χ4n) is 4.33.